The van der Waals surface area contributed by atoms with Gasteiger partial charge in [-0.15, -0.1) is 0 Å². The van der Waals surface area contributed by atoms with Gasteiger partial charge in [0.25, 0.3) is 0 Å². The van der Waals surface area contributed by atoms with E-state index in [1.807, 2.05) is 24.3 Å². The summed E-state index contributed by atoms with van der Waals surface area (Å²) in [6.45, 7) is 0. The summed E-state index contributed by atoms with van der Waals surface area (Å²) in [5.74, 6) is 0.371. The summed E-state index contributed by atoms with van der Waals surface area (Å²) in [6.07, 6.45) is 1.60. The van der Waals surface area contributed by atoms with Gasteiger partial charge in [-0.05, 0) is 12.1 Å². The van der Waals surface area contributed by atoms with Gasteiger partial charge in [-0.1, -0.05) is 12.1 Å². The normalized spacial score (nSPS) is 11.0. The molecule has 0 unspecified atom stereocenters. The molecule has 1 N–H and O–H groups in total. The van der Waals surface area contributed by atoms with Crippen LogP contribution < -0.4 is 4.84 Å². The number of furan rings is 1. The van der Waals surface area contributed by atoms with Crippen molar-refractivity contribution >= 4 is 39.8 Å². The molecule has 1 aromatic carbocycles. The van der Waals surface area contributed by atoms with Crippen LogP contribution in [0.3, 0.4) is 0 Å². The first-order chi connectivity index (χ1) is 7.38. The van der Waals surface area contributed by atoms with Crippen LogP contribution in [0.1, 0.15) is 0 Å². The van der Waals surface area contributed by atoms with E-state index < -0.39 is 0 Å². The van der Waals surface area contributed by atoms with Crippen LogP contribution in [-0.2, 0) is 0 Å². The molecule has 74 valence electrons. The van der Waals surface area contributed by atoms with Gasteiger partial charge in [-0.25, -0.2) is 9.97 Å². The van der Waals surface area contributed by atoms with Gasteiger partial charge in [0.2, 0.25) is 5.95 Å². The van der Waals surface area contributed by atoms with E-state index in [9.17, 15) is 0 Å². The summed E-state index contributed by atoms with van der Waals surface area (Å²) in [4.78, 5) is 10.6. The van der Waals surface area contributed by atoms with Crippen molar-refractivity contribution in [3.8, 4) is 0 Å². The minimum Gasteiger partial charge on any atom is -0.453 e. The number of benzene rings is 1. The van der Waals surface area contributed by atoms with Gasteiger partial charge in [-0.3, -0.25) is 4.84 Å². The number of fused-ring (bicyclic) bond motifs is 3. The van der Waals surface area contributed by atoms with Crippen molar-refractivity contribution in [2.24, 2.45) is 0 Å². The average molecular weight is 220 g/mol. The third kappa shape index (κ3) is 1.22. The van der Waals surface area contributed by atoms with E-state index in [2.05, 4.69) is 14.8 Å². The molecule has 0 saturated heterocycles. The van der Waals surface area contributed by atoms with Crippen molar-refractivity contribution in [1.82, 2.24) is 9.97 Å². The molecule has 15 heavy (non-hydrogen) atoms. The molecule has 0 aliphatic carbocycles. The maximum absolute atomic E-state index is 5.56. The number of aromatic nitrogens is 2. The number of para-hydroxylation sites is 1. The van der Waals surface area contributed by atoms with E-state index >= 15 is 0 Å². The summed E-state index contributed by atoms with van der Waals surface area (Å²) in [5.41, 5.74) is 2.23. The van der Waals surface area contributed by atoms with Crippen LogP contribution in [0.2, 0.25) is 0 Å². The standard InChI is InChI=1S/C10H6ClN3O/c11-14-10-12-5-8-9(13-10)6-3-1-2-4-7(6)15-8/h1-5H,(H,12,13,14). The molecule has 0 bridgehead atoms. The topological polar surface area (TPSA) is 51.0 Å². The fourth-order valence-corrected chi connectivity index (χ4v) is 1.64. The number of hydrogen-bond donors (Lipinski definition) is 1. The molecule has 0 radical (unpaired) electrons. The molecule has 0 saturated carbocycles. The van der Waals surface area contributed by atoms with E-state index in [-0.39, 0.29) is 0 Å². The van der Waals surface area contributed by atoms with Crippen molar-refractivity contribution in [1.29, 1.82) is 0 Å². The van der Waals surface area contributed by atoms with Gasteiger partial charge in [0, 0.05) is 17.2 Å². The summed E-state index contributed by atoms with van der Waals surface area (Å²) >= 11 is 5.44. The van der Waals surface area contributed by atoms with Gasteiger partial charge in [0.15, 0.2) is 5.58 Å². The third-order valence-electron chi connectivity index (χ3n) is 2.20. The summed E-state index contributed by atoms with van der Waals surface area (Å²) in [5, 5.41) is 0.961. The number of nitrogens with one attached hydrogen (secondary N) is 1. The van der Waals surface area contributed by atoms with E-state index in [0.29, 0.717) is 11.5 Å². The molecule has 2 aromatic heterocycles. The number of hydrogen-bond acceptors (Lipinski definition) is 4. The lowest BCUT2D eigenvalue weighted by Gasteiger charge is -1.93. The van der Waals surface area contributed by atoms with Crippen LogP contribution in [0.5, 0.6) is 0 Å². The molecule has 0 amide bonds. The van der Waals surface area contributed by atoms with Gasteiger partial charge in [0.05, 0.1) is 6.20 Å². The zero-order valence-electron chi connectivity index (χ0n) is 7.57. The maximum atomic E-state index is 5.56. The molecule has 3 rings (SSSR count). The second-order valence-corrected chi connectivity index (χ2v) is 3.29. The lowest BCUT2D eigenvalue weighted by Crippen LogP contribution is -1.89. The van der Waals surface area contributed by atoms with Crippen LogP contribution in [0.4, 0.5) is 5.95 Å². The highest BCUT2D eigenvalue weighted by Crippen LogP contribution is 2.26. The lowest BCUT2D eigenvalue weighted by atomic mass is 10.2. The van der Waals surface area contributed by atoms with E-state index in [0.717, 1.165) is 16.5 Å². The molecule has 0 aliphatic heterocycles. The Labute approximate surface area is 90.0 Å². The summed E-state index contributed by atoms with van der Waals surface area (Å²) in [7, 11) is 0. The minimum absolute atomic E-state index is 0.371. The second-order valence-electron chi connectivity index (χ2n) is 3.10. The molecule has 0 spiro atoms. The fraction of sp³-hybridized carbons (Fsp3) is 0. The first kappa shape index (κ1) is 8.49. The predicted octanol–water partition coefficient (Wildman–Crippen LogP) is 2.94. The van der Waals surface area contributed by atoms with Crippen molar-refractivity contribution in [3.63, 3.8) is 0 Å². The quantitative estimate of drug-likeness (QED) is 0.640. The zero-order chi connectivity index (χ0) is 10.3. The zero-order valence-corrected chi connectivity index (χ0v) is 8.32. The average Bonchev–Trinajstić information content (AvgIpc) is 2.66. The number of halogens is 1. The Morgan fingerprint density at radius 3 is 2.93 bits per heavy atom. The van der Waals surface area contributed by atoms with Gasteiger partial charge in [0.1, 0.15) is 11.1 Å². The van der Waals surface area contributed by atoms with Crippen LogP contribution in [0, 0.1) is 0 Å². The van der Waals surface area contributed by atoms with E-state index in [4.69, 9.17) is 16.2 Å². The molecule has 4 nitrogen and oxygen atoms in total. The SMILES string of the molecule is ClNc1ncc2oc3ccccc3c2n1. The largest absolute Gasteiger partial charge is 0.453 e. The minimum atomic E-state index is 0.371. The Balaban J connectivity index is 2.46. The van der Waals surface area contributed by atoms with Crippen LogP contribution in [0.25, 0.3) is 22.1 Å². The Bertz CT molecular complexity index is 635. The molecule has 0 atom stereocenters. The third-order valence-corrected chi connectivity index (χ3v) is 2.37. The molecular weight excluding hydrogens is 214 g/mol. The number of anilines is 1. The van der Waals surface area contributed by atoms with E-state index in [1.54, 1.807) is 6.20 Å². The van der Waals surface area contributed by atoms with Crippen molar-refractivity contribution in [2.45, 2.75) is 0 Å². The number of rotatable bonds is 1. The summed E-state index contributed by atoms with van der Waals surface area (Å²) in [6, 6.07) is 7.70. The highest BCUT2D eigenvalue weighted by molar-refractivity contribution is 6.23. The molecule has 3 aromatic rings. The predicted molar refractivity (Wildman–Crippen MR) is 58.8 cm³/mol. The first-order valence-corrected chi connectivity index (χ1v) is 4.77. The second kappa shape index (κ2) is 3.10. The molecular formula is C10H6ClN3O. The monoisotopic (exact) mass is 219 g/mol. The Kier molecular flexibility index (Phi) is 1.76. The van der Waals surface area contributed by atoms with E-state index in [1.165, 1.54) is 0 Å². The highest BCUT2D eigenvalue weighted by Gasteiger charge is 2.08. The van der Waals surface area contributed by atoms with Crippen LogP contribution >= 0.6 is 11.8 Å². The molecule has 2 heterocycles. The van der Waals surface area contributed by atoms with Gasteiger partial charge >= 0.3 is 0 Å². The first-order valence-electron chi connectivity index (χ1n) is 4.39. The fourth-order valence-electron chi connectivity index (χ4n) is 1.55. The summed E-state index contributed by atoms with van der Waals surface area (Å²) < 4.78 is 5.56. The molecule has 0 aliphatic rings. The van der Waals surface area contributed by atoms with Gasteiger partial charge in [-0.2, -0.15) is 0 Å². The van der Waals surface area contributed by atoms with Gasteiger partial charge < -0.3 is 4.42 Å². The number of nitrogens with zero attached hydrogens (tertiary/aromatic N) is 2. The van der Waals surface area contributed by atoms with Crippen molar-refractivity contribution in [3.05, 3.63) is 30.5 Å². The van der Waals surface area contributed by atoms with Crippen LogP contribution in [-0.4, -0.2) is 9.97 Å². The smallest absolute Gasteiger partial charge is 0.238 e. The molecule has 0 fully saturated rings. The Hall–Kier alpha value is -1.81. The lowest BCUT2D eigenvalue weighted by molar-refractivity contribution is 0.666. The molecule has 5 heteroatoms. The Morgan fingerprint density at radius 1 is 1.20 bits per heavy atom. The highest BCUT2D eigenvalue weighted by atomic mass is 35.5. The van der Waals surface area contributed by atoms with Crippen molar-refractivity contribution < 1.29 is 4.42 Å². The maximum Gasteiger partial charge on any atom is 0.238 e. The van der Waals surface area contributed by atoms with Crippen molar-refractivity contribution in [2.75, 3.05) is 4.84 Å². The Morgan fingerprint density at radius 2 is 2.07 bits per heavy atom. The van der Waals surface area contributed by atoms with Crippen LogP contribution in [0.15, 0.2) is 34.9 Å².